The molecule has 0 bridgehead atoms. The minimum Gasteiger partial charge on any atom is -0.352 e. The number of urea groups is 1. The molecule has 0 saturated carbocycles. The Hall–Kier alpha value is -3.56. The van der Waals surface area contributed by atoms with Gasteiger partial charge in [-0.05, 0) is 42.3 Å². The molecule has 2 heterocycles. The number of rotatable bonds is 4. The predicted molar refractivity (Wildman–Crippen MR) is 127 cm³/mol. The molecule has 0 radical (unpaired) electrons. The van der Waals surface area contributed by atoms with E-state index in [1.807, 2.05) is 78.6 Å². The number of nitrogens with one attached hydrogen (secondary N) is 1. The van der Waals surface area contributed by atoms with Crippen LogP contribution in [0.4, 0.5) is 16.3 Å². The molecule has 2 aromatic carbocycles. The van der Waals surface area contributed by atoms with Crippen molar-refractivity contribution in [2.75, 3.05) is 29.9 Å². The first kappa shape index (κ1) is 21.7. The van der Waals surface area contributed by atoms with Crippen LogP contribution in [0.15, 0.2) is 72.9 Å². The lowest BCUT2D eigenvalue weighted by Gasteiger charge is -2.40. The predicted octanol–water partition coefficient (Wildman–Crippen LogP) is 5.13. The highest BCUT2D eigenvalue weighted by atomic mass is 35.5. The molecule has 162 valence electrons. The number of aromatic nitrogens is 1. The van der Waals surface area contributed by atoms with Crippen LogP contribution < -0.4 is 10.2 Å². The van der Waals surface area contributed by atoms with E-state index in [0.29, 0.717) is 30.3 Å². The van der Waals surface area contributed by atoms with Gasteiger partial charge < -0.3 is 15.1 Å². The number of anilines is 2. The number of benzene rings is 2. The highest BCUT2D eigenvalue weighted by Crippen LogP contribution is 2.27. The second-order valence-electron chi connectivity index (χ2n) is 7.82. The summed E-state index contributed by atoms with van der Waals surface area (Å²) in [5.74, 6) is 0.412. The Labute approximate surface area is 193 Å². The number of hydrogen-bond acceptors (Lipinski definition) is 4. The van der Waals surface area contributed by atoms with Crippen LogP contribution in [-0.2, 0) is 0 Å². The number of piperazine rings is 1. The van der Waals surface area contributed by atoms with E-state index in [1.165, 1.54) is 0 Å². The average Bonchev–Trinajstić information content (AvgIpc) is 2.81. The molecule has 6 nitrogen and oxygen atoms in total. The van der Waals surface area contributed by atoms with Gasteiger partial charge >= 0.3 is 6.03 Å². The molecule has 1 N–H and O–H groups in total. The summed E-state index contributed by atoms with van der Waals surface area (Å²) in [6.45, 7) is 3.91. The van der Waals surface area contributed by atoms with Gasteiger partial charge in [0.15, 0.2) is 0 Å². The molecule has 7 heteroatoms. The van der Waals surface area contributed by atoms with E-state index in [9.17, 15) is 10.1 Å². The van der Waals surface area contributed by atoms with Gasteiger partial charge in [0, 0.05) is 37.6 Å². The Morgan fingerprint density at radius 3 is 2.47 bits per heavy atom. The van der Waals surface area contributed by atoms with Gasteiger partial charge in [-0.2, -0.15) is 5.26 Å². The molecule has 32 heavy (non-hydrogen) atoms. The number of nitrogens with zero attached hydrogens (tertiary/aromatic N) is 4. The fourth-order valence-electron chi connectivity index (χ4n) is 4.00. The zero-order valence-corrected chi connectivity index (χ0v) is 18.5. The molecule has 3 aromatic rings. The zero-order chi connectivity index (χ0) is 22.5. The first-order valence-corrected chi connectivity index (χ1v) is 10.9. The summed E-state index contributed by atoms with van der Waals surface area (Å²) < 4.78 is 0. The summed E-state index contributed by atoms with van der Waals surface area (Å²) in [5, 5.41) is 13.2. The van der Waals surface area contributed by atoms with E-state index in [-0.39, 0.29) is 18.0 Å². The summed E-state index contributed by atoms with van der Waals surface area (Å²) in [6, 6.07) is 23.0. The second-order valence-corrected chi connectivity index (χ2v) is 8.23. The van der Waals surface area contributed by atoms with Gasteiger partial charge in [0.05, 0.1) is 17.0 Å². The van der Waals surface area contributed by atoms with Crippen molar-refractivity contribution >= 4 is 29.1 Å². The maximum Gasteiger partial charge on any atom is 0.322 e. The van der Waals surface area contributed by atoms with Crippen molar-refractivity contribution in [1.82, 2.24) is 9.88 Å². The van der Waals surface area contributed by atoms with Crippen LogP contribution >= 0.6 is 11.6 Å². The molecular formula is C25H24ClN5O. The Balaban J connectivity index is 1.39. The third kappa shape index (κ3) is 4.68. The molecule has 1 saturated heterocycles. The number of amides is 2. The summed E-state index contributed by atoms with van der Waals surface area (Å²) in [5.41, 5.74) is 2.54. The summed E-state index contributed by atoms with van der Waals surface area (Å²) in [4.78, 5) is 21.2. The third-order valence-electron chi connectivity index (χ3n) is 5.68. The van der Waals surface area contributed by atoms with Crippen LogP contribution in [0.25, 0.3) is 0 Å². The van der Waals surface area contributed by atoms with Crippen LogP contribution in [0.5, 0.6) is 0 Å². The number of hydrogen-bond donors (Lipinski definition) is 1. The van der Waals surface area contributed by atoms with Crippen molar-refractivity contribution in [3.63, 3.8) is 0 Å². The van der Waals surface area contributed by atoms with Gasteiger partial charge in [-0.3, -0.25) is 0 Å². The lowest BCUT2D eigenvalue weighted by Crippen LogP contribution is -2.55. The van der Waals surface area contributed by atoms with Gasteiger partial charge in [0.1, 0.15) is 5.82 Å². The number of nitriles is 1. The Kier molecular flexibility index (Phi) is 6.58. The Morgan fingerprint density at radius 1 is 1.09 bits per heavy atom. The van der Waals surface area contributed by atoms with Crippen molar-refractivity contribution < 1.29 is 4.79 Å². The fourth-order valence-corrected chi connectivity index (χ4v) is 4.24. The van der Waals surface area contributed by atoms with E-state index in [0.717, 1.165) is 16.9 Å². The van der Waals surface area contributed by atoms with Gasteiger partial charge in [0.25, 0.3) is 0 Å². The highest BCUT2D eigenvalue weighted by molar-refractivity contribution is 6.32. The molecule has 4 rings (SSSR count). The van der Waals surface area contributed by atoms with Gasteiger partial charge in [0.2, 0.25) is 0 Å². The third-order valence-corrected chi connectivity index (χ3v) is 5.98. The highest BCUT2D eigenvalue weighted by Gasteiger charge is 2.29. The standard InChI is InChI=1S/C25H24ClN5O/c1-18-17-30(24-23(26)8-5-13-28-24)14-15-31(18)25(32)29-21-11-9-20(10-12-21)22(16-27)19-6-3-2-4-7-19/h2-13,18,22H,14-15,17H2,1H3,(H,29,32). The van der Waals surface area contributed by atoms with Crippen LogP contribution in [0, 0.1) is 11.3 Å². The van der Waals surface area contributed by atoms with Crippen LogP contribution in [-0.4, -0.2) is 41.6 Å². The van der Waals surface area contributed by atoms with Crippen molar-refractivity contribution in [2.24, 2.45) is 0 Å². The normalized spacial score (nSPS) is 16.8. The second kappa shape index (κ2) is 9.71. The quantitative estimate of drug-likeness (QED) is 0.604. The minimum absolute atomic E-state index is 0.00199. The van der Waals surface area contributed by atoms with Gasteiger partial charge in [-0.1, -0.05) is 54.1 Å². The van der Waals surface area contributed by atoms with E-state index in [1.54, 1.807) is 6.20 Å². The monoisotopic (exact) mass is 445 g/mol. The van der Waals surface area contributed by atoms with E-state index < -0.39 is 0 Å². The SMILES string of the molecule is CC1CN(c2ncccc2Cl)CCN1C(=O)Nc1ccc(C(C#N)c2ccccc2)cc1. The molecule has 1 aliphatic rings. The molecule has 2 unspecified atom stereocenters. The minimum atomic E-state index is -0.340. The van der Waals surface area contributed by atoms with Crippen molar-refractivity contribution in [1.29, 1.82) is 5.26 Å². The summed E-state index contributed by atoms with van der Waals surface area (Å²) >= 11 is 6.28. The molecule has 0 aliphatic carbocycles. The summed E-state index contributed by atoms with van der Waals surface area (Å²) in [6.07, 6.45) is 1.73. The van der Waals surface area contributed by atoms with Gasteiger partial charge in [-0.25, -0.2) is 9.78 Å². The first-order chi connectivity index (χ1) is 15.6. The molecular weight excluding hydrogens is 422 g/mol. The number of pyridine rings is 1. The average molecular weight is 446 g/mol. The lowest BCUT2D eigenvalue weighted by molar-refractivity contribution is 0.184. The van der Waals surface area contributed by atoms with Crippen LogP contribution in [0.3, 0.4) is 0 Å². The first-order valence-electron chi connectivity index (χ1n) is 10.5. The van der Waals surface area contributed by atoms with Crippen molar-refractivity contribution in [2.45, 2.75) is 18.9 Å². The summed E-state index contributed by atoms with van der Waals surface area (Å²) in [7, 11) is 0. The Morgan fingerprint density at radius 2 is 1.81 bits per heavy atom. The van der Waals surface area contributed by atoms with E-state index >= 15 is 0 Å². The van der Waals surface area contributed by atoms with Crippen LogP contribution in [0.2, 0.25) is 5.02 Å². The van der Waals surface area contributed by atoms with E-state index in [4.69, 9.17) is 11.6 Å². The largest absolute Gasteiger partial charge is 0.352 e. The Bertz CT molecular complexity index is 1110. The molecule has 0 spiro atoms. The number of carbonyl (C=O) groups excluding carboxylic acids is 1. The topological polar surface area (TPSA) is 72.3 Å². The van der Waals surface area contributed by atoms with Crippen molar-refractivity contribution in [3.05, 3.63) is 89.1 Å². The maximum atomic E-state index is 12.9. The zero-order valence-electron chi connectivity index (χ0n) is 17.8. The smallest absolute Gasteiger partial charge is 0.322 e. The number of halogens is 1. The molecule has 1 aliphatic heterocycles. The molecule has 1 fully saturated rings. The van der Waals surface area contributed by atoms with Crippen molar-refractivity contribution in [3.8, 4) is 6.07 Å². The van der Waals surface area contributed by atoms with E-state index in [2.05, 4.69) is 21.3 Å². The molecule has 2 atom stereocenters. The maximum absolute atomic E-state index is 12.9. The molecule has 2 amide bonds. The molecule has 1 aromatic heterocycles. The fraction of sp³-hybridized carbons (Fsp3) is 0.240. The van der Waals surface area contributed by atoms with Gasteiger partial charge in [-0.15, -0.1) is 0 Å². The van der Waals surface area contributed by atoms with Crippen LogP contribution in [0.1, 0.15) is 24.0 Å². The number of carbonyl (C=O) groups is 1. The lowest BCUT2D eigenvalue weighted by atomic mass is 9.92.